The molecule has 1 aromatic carbocycles. The zero-order chi connectivity index (χ0) is 19.2. The molecule has 2 aromatic heterocycles. The Morgan fingerprint density at radius 1 is 1.26 bits per heavy atom. The van der Waals surface area contributed by atoms with E-state index in [9.17, 15) is 4.79 Å². The Balaban J connectivity index is 1.89. The number of thiazole rings is 1. The van der Waals surface area contributed by atoms with Crippen molar-refractivity contribution in [1.82, 2.24) is 15.3 Å². The fourth-order valence-electron chi connectivity index (χ4n) is 2.69. The van der Waals surface area contributed by atoms with E-state index in [-0.39, 0.29) is 5.91 Å². The van der Waals surface area contributed by atoms with Crippen molar-refractivity contribution in [1.29, 1.82) is 0 Å². The predicted octanol–water partition coefficient (Wildman–Crippen LogP) is 4.14. The number of halogens is 1. The summed E-state index contributed by atoms with van der Waals surface area (Å²) in [5.41, 5.74) is 2.94. The zero-order valence-electron chi connectivity index (χ0n) is 15.2. The highest BCUT2D eigenvalue weighted by atomic mass is 35.5. The highest BCUT2D eigenvalue weighted by Gasteiger charge is 2.15. The van der Waals surface area contributed by atoms with Gasteiger partial charge in [-0.05, 0) is 36.2 Å². The summed E-state index contributed by atoms with van der Waals surface area (Å²) in [5, 5.41) is 4.08. The Morgan fingerprint density at radius 2 is 2.04 bits per heavy atom. The summed E-state index contributed by atoms with van der Waals surface area (Å²) in [4.78, 5) is 21.6. The number of methoxy groups -OCH3 is 1. The first-order valence-corrected chi connectivity index (χ1v) is 9.72. The van der Waals surface area contributed by atoms with Crippen molar-refractivity contribution < 1.29 is 9.53 Å². The van der Waals surface area contributed by atoms with Crippen LogP contribution in [-0.2, 0) is 17.6 Å². The van der Waals surface area contributed by atoms with Crippen LogP contribution in [0.2, 0.25) is 5.15 Å². The van der Waals surface area contributed by atoms with Gasteiger partial charge in [-0.2, -0.15) is 0 Å². The molecule has 7 heteroatoms. The van der Waals surface area contributed by atoms with Crippen LogP contribution in [0.5, 0.6) is 5.75 Å². The van der Waals surface area contributed by atoms with Crippen LogP contribution in [0.25, 0.3) is 11.3 Å². The molecule has 140 valence electrons. The monoisotopic (exact) mass is 401 g/mol. The van der Waals surface area contributed by atoms with E-state index < -0.39 is 0 Å². The molecule has 0 unspecified atom stereocenters. The molecule has 0 saturated heterocycles. The number of hydrogen-bond donors (Lipinski definition) is 1. The molecule has 3 rings (SSSR count). The number of amides is 1. The number of benzene rings is 1. The van der Waals surface area contributed by atoms with Gasteiger partial charge in [0.2, 0.25) is 5.91 Å². The van der Waals surface area contributed by atoms with Gasteiger partial charge >= 0.3 is 0 Å². The highest BCUT2D eigenvalue weighted by Crippen LogP contribution is 2.31. The summed E-state index contributed by atoms with van der Waals surface area (Å²) in [6.07, 6.45) is 3.45. The molecule has 0 aliphatic heterocycles. The third kappa shape index (κ3) is 5.05. The number of ether oxygens (including phenoxy) is 1. The Labute approximate surface area is 167 Å². The fourth-order valence-corrected chi connectivity index (χ4v) is 3.99. The Hall–Kier alpha value is -2.44. The second kappa shape index (κ2) is 8.97. The Morgan fingerprint density at radius 3 is 2.70 bits per heavy atom. The maximum absolute atomic E-state index is 11.7. The van der Waals surface area contributed by atoms with Crippen LogP contribution in [0.15, 0.2) is 42.6 Å². The largest absolute Gasteiger partial charge is 0.497 e. The molecule has 1 amide bonds. The number of rotatable bonds is 7. The lowest BCUT2D eigenvalue weighted by molar-refractivity contribution is -0.120. The molecule has 5 nitrogen and oxygen atoms in total. The van der Waals surface area contributed by atoms with Gasteiger partial charge in [-0.25, -0.2) is 9.97 Å². The quantitative estimate of drug-likeness (QED) is 0.604. The number of carbonyl (C=O) groups is 1. The van der Waals surface area contributed by atoms with Crippen molar-refractivity contribution in [2.24, 2.45) is 0 Å². The number of hydrogen-bond acceptors (Lipinski definition) is 5. The standard InChI is InChI=1S/C20H20ClN3O2S/c1-22-18(25)8-7-16-20(14-9-10-23-17(21)12-14)24-19(27-16)11-13-3-5-15(26-2)6-4-13/h3-6,9-10,12H,7-8,11H2,1-2H3,(H,22,25). The summed E-state index contributed by atoms with van der Waals surface area (Å²) in [6, 6.07) is 11.7. The van der Waals surface area contributed by atoms with Crippen molar-refractivity contribution in [3.05, 3.63) is 63.2 Å². The molecule has 2 heterocycles. The first-order valence-electron chi connectivity index (χ1n) is 8.53. The summed E-state index contributed by atoms with van der Waals surface area (Å²) < 4.78 is 5.21. The summed E-state index contributed by atoms with van der Waals surface area (Å²) in [6.45, 7) is 0. The predicted molar refractivity (Wildman–Crippen MR) is 109 cm³/mol. The minimum absolute atomic E-state index is 0.0128. The molecule has 0 saturated carbocycles. The van der Waals surface area contributed by atoms with Gasteiger partial charge in [0.1, 0.15) is 10.9 Å². The summed E-state index contributed by atoms with van der Waals surface area (Å²) in [5.74, 6) is 0.843. The van der Waals surface area contributed by atoms with Crippen molar-refractivity contribution in [3.8, 4) is 17.0 Å². The molecular formula is C20H20ClN3O2S. The number of carbonyl (C=O) groups excluding carboxylic acids is 1. The van der Waals surface area contributed by atoms with Gasteiger partial charge in [0.25, 0.3) is 0 Å². The lowest BCUT2D eigenvalue weighted by Gasteiger charge is -2.02. The maximum Gasteiger partial charge on any atom is 0.220 e. The molecule has 0 atom stereocenters. The van der Waals surface area contributed by atoms with Crippen LogP contribution < -0.4 is 10.1 Å². The van der Waals surface area contributed by atoms with Gasteiger partial charge in [0, 0.05) is 36.5 Å². The van der Waals surface area contributed by atoms with Gasteiger partial charge in [0.15, 0.2) is 0 Å². The molecule has 0 fully saturated rings. The van der Waals surface area contributed by atoms with E-state index in [0.29, 0.717) is 18.0 Å². The number of aryl methyl sites for hydroxylation is 1. The number of nitrogens with zero attached hydrogens (tertiary/aromatic N) is 2. The van der Waals surface area contributed by atoms with Crippen molar-refractivity contribution in [2.75, 3.05) is 14.2 Å². The summed E-state index contributed by atoms with van der Waals surface area (Å²) >= 11 is 7.68. The fraction of sp³-hybridized carbons (Fsp3) is 0.250. The molecule has 27 heavy (non-hydrogen) atoms. The van der Waals surface area contributed by atoms with Crippen molar-refractivity contribution in [2.45, 2.75) is 19.3 Å². The van der Waals surface area contributed by atoms with Gasteiger partial charge in [-0.3, -0.25) is 4.79 Å². The van der Waals surface area contributed by atoms with E-state index in [0.717, 1.165) is 38.9 Å². The first kappa shape index (κ1) is 19.3. The molecule has 0 bridgehead atoms. The van der Waals surface area contributed by atoms with E-state index in [2.05, 4.69) is 10.3 Å². The van der Waals surface area contributed by atoms with E-state index in [1.54, 1.807) is 37.8 Å². The number of nitrogens with one attached hydrogen (secondary N) is 1. The highest BCUT2D eigenvalue weighted by molar-refractivity contribution is 7.12. The smallest absolute Gasteiger partial charge is 0.220 e. The van der Waals surface area contributed by atoms with E-state index in [4.69, 9.17) is 21.3 Å². The maximum atomic E-state index is 11.7. The first-order chi connectivity index (χ1) is 13.1. The lowest BCUT2D eigenvalue weighted by atomic mass is 10.1. The average molecular weight is 402 g/mol. The topological polar surface area (TPSA) is 64.1 Å². The molecular weight excluding hydrogens is 382 g/mol. The molecule has 1 N–H and O–H groups in total. The molecule has 0 aliphatic rings. The third-order valence-corrected chi connectivity index (χ3v) is 5.44. The molecule has 3 aromatic rings. The van der Waals surface area contributed by atoms with Crippen LogP contribution in [-0.4, -0.2) is 30.0 Å². The van der Waals surface area contributed by atoms with E-state index in [1.165, 1.54) is 0 Å². The van der Waals surface area contributed by atoms with Gasteiger partial charge in [0.05, 0.1) is 17.8 Å². The van der Waals surface area contributed by atoms with Crippen LogP contribution in [0, 0.1) is 0 Å². The zero-order valence-corrected chi connectivity index (χ0v) is 16.7. The van der Waals surface area contributed by atoms with Crippen molar-refractivity contribution in [3.63, 3.8) is 0 Å². The van der Waals surface area contributed by atoms with Crippen LogP contribution in [0.3, 0.4) is 0 Å². The SMILES string of the molecule is CNC(=O)CCc1sc(Cc2ccc(OC)cc2)nc1-c1ccnc(Cl)c1. The van der Waals surface area contributed by atoms with Crippen LogP contribution >= 0.6 is 22.9 Å². The third-order valence-electron chi connectivity index (χ3n) is 4.11. The van der Waals surface area contributed by atoms with E-state index in [1.807, 2.05) is 30.3 Å². The molecule has 0 radical (unpaired) electrons. The number of pyridine rings is 1. The van der Waals surface area contributed by atoms with Gasteiger partial charge < -0.3 is 10.1 Å². The van der Waals surface area contributed by atoms with Gasteiger partial charge in [-0.1, -0.05) is 23.7 Å². The second-order valence-electron chi connectivity index (χ2n) is 5.94. The Kier molecular flexibility index (Phi) is 6.42. The van der Waals surface area contributed by atoms with Crippen LogP contribution in [0.1, 0.15) is 21.9 Å². The number of aromatic nitrogens is 2. The summed E-state index contributed by atoms with van der Waals surface area (Å²) in [7, 11) is 3.30. The normalized spacial score (nSPS) is 10.6. The van der Waals surface area contributed by atoms with Crippen LogP contribution in [0.4, 0.5) is 0 Å². The molecule has 0 spiro atoms. The minimum Gasteiger partial charge on any atom is -0.497 e. The van der Waals surface area contributed by atoms with E-state index >= 15 is 0 Å². The lowest BCUT2D eigenvalue weighted by Crippen LogP contribution is -2.17. The minimum atomic E-state index is 0.0128. The van der Waals surface area contributed by atoms with Gasteiger partial charge in [-0.15, -0.1) is 11.3 Å². The Bertz CT molecular complexity index is 925. The van der Waals surface area contributed by atoms with Crippen molar-refractivity contribution >= 4 is 28.8 Å². The second-order valence-corrected chi connectivity index (χ2v) is 7.50. The average Bonchev–Trinajstić information content (AvgIpc) is 3.09. The molecule has 0 aliphatic carbocycles.